The van der Waals surface area contributed by atoms with E-state index in [0.29, 0.717) is 5.56 Å². The fourth-order valence-electron chi connectivity index (χ4n) is 1.07. The molecule has 0 saturated carbocycles. The molecule has 2 unspecified atom stereocenters. The Hall–Kier alpha value is -1.04. The highest BCUT2D eigenvalue weighted by molar-refractivity contribution is 5.13. The quantitative estimate of drug-likeness (QED) is 0.599. The number of aliphatic hydroxyl groups excluding tert-OH is 3. The van der Waals surface area contributed by atoms with Crippen molar-refractivity contribution < 1.29 is 19.7 Å². The third-order valence-electron chi connectivity index (χ3n) is 1.88. The van der Waals surface area contributed by atoms with Gasteiger partial charge in [0.2, 0.25) is 5.95 Å². The molecule has 0 radical (unpaired) electrons. The summed E-state index contributed by atoms with van der Waals surface area (Å²) in [5.41, 5.74) is 0.326. The van der Waals surface area contributed by atoms with Gasteiger partial charge < -0.3 is 15.3 Å². The minimum atomic E-state index is -1.14. The van der Waals surface area contributed by atoms with Crippen LogP contribution in [0.25, 0.3) is 0 Å². The molecule has 0 aromatic carbocycles. The molecule has 0 bridgehead atoms. The van der Waals surface area contributed by atoms with Gasteiger partial charge in [-0.1, -0.05) is 6.07 Å². The van der Waals surface area contributed by atoms with Gasteiger partial charge >= 0.3 is 0 Å². The lowest BCUT2D eigenvalue weighted by atomic mass is 10.0. The summed E-state index contributed by atoms with van der Waals surface area (Å²) in [6, 6.07) is 2.44. The number of aromatic nitrogens is 1. The molecule has 1 heterocycles. The number of nitrogens with zero attached hydrogens (tertiary/aromatic N) is 1. The normalized spacial score (nSPS) is 15.1. The van der Waals surface area contributed by atoms with Gasteiger partial charge in [-0.15, -0.1) is 0 Å². The van der Waals surface area contributed by atoms with Crippen LogP contribution in [0.5, 0.6) is 0 Å². The second-order valence-corrected chi connectivity index (χ2v) is 2.94. The maximum atomic E-state index is 12.4. The number of hydrogen-bond donors (Lipinski definition) is 3. The number of aliphatic hydroxyl groups is 3. The summed E-state index contributed by atoms with van der Waals surface area (Å²) < 4.78 is 12.4. The van der Waals surface area contributed by atoms with Gasteiger partial charge in [0, 0.05) is 18.4 Å². The van der Waals surface area contributed by atoms with E-state index in [1.165, 1.54) is 6.07 Å². The highest BCUT2D eigenvalue weighted by Gasteiger charge is 2.17. The first-order valence-corrected chi connectivity index (χ1v) is 4.23. The van der Waals surface area contributed by atoms with Crippen LogP contribution in [-0.2, 0) is 0 Å². The Balaban J connectivity index is 2.68. The minimum absolute atomic E-state index is 0.0680. The van der Waals surface area contributed by atoms with E-state index in [9.17, 15) is 14.6 Å². The van der Waals surface area contributed by atoms with Crippen molar-refractivity contribution in [3.63, 3.8) is 0 Å². The summed E-state index contributed by atoms with van der Waals surface area (Å²) in [6.45, 7) is -0.215. The Morgan fingerprint density at radius 3 is 2.57 bits per heavy atom. The van der Waals surface area contributed by atoms with Crippen LogP contribution < -0.4 is 0 Å². The first-order valence-electron chi connectivity index (χ1n) is 4.23. The van der Waals surface area contributed by atoms with Crippen LogP contribution in [-0.4, -0.2) is 33.0 Å². The SMILES string of the molecule is OCCC(O)C(O)c1ccc(F)nc1. The summed E-state index contributed by atoms with van der Waals surface area (Å²) in [7, 11) is 0. The fraction of sp³-hybridized carbons (Fsp3) is 0.444. The molecule has 4 nitrogen and oxygen atoms in total. The summed E-state index contributed by atoms with van der Waals surface area (Å²) in [5.74, 6) is -0.641. The maximum absolute atomic E-state index is 12.4. The molecule has 1 rings (SSSR count). The first kappa shape index (κ1) is 11.0. The molecule has 78 valence electrons. The molecule has 0 fully saturated rings. The topological polar surface area (TPSA) is 73.6 Å². The van der Waals surface area contributed by atoms with E-state index in [2.05, 4.69) is 4.98 Å². The van der Waals surface area contributed by atoms with Gasteiger partial charge in [0.25, 0.3) is 0 Å². The lowest BCUT2D eigenvalue weighted by molar-refractivity contribution is 0.00397. The second kappa shape index (κ2) is 4.99. The number of pyridine rings is 1. The standard InChI is InChI=1S/C9H12FNO3/c10-8-2-1-6(5-11-8)9(14)7(13)3-4-12/h1-2,5,7,9,12-14H,3-4H2. The highest BCUT2D eigenvalue weighted by Crippen LogP contribution is 2.17. The van der Waals surface area contributed by atoms with E-state index in [0.717, 1.165) is 12.3 Å². The van der Waals surface area contributed by atoms with Crippen molar-refractivity contribution in [3.8, 4) is 0 Å². The van der Waals surface area contributed by atoms with Crippen molar-refractivity contribution >= 4 is 0 Å². The van der Waals surface area contributed by atoms with Gasteiger partial charge in [-0.3, -0.25) is 0 Å². The van der Waals surface area contributed by atoms with Crippen molar-refractivity contribution in [2.45, 2.75) is 18.6 Å². The average Bonchev–Trinajstić information content (AvgIpc) is 2.18. The zero-order chi connectivity index (χ0) is 10.6. The molecule has 0 aliphatic heterocycles. The van der Waals surface area contributed by atoms with Crippen molar-refractivity contribution in [2.75, 3.05) is 6.61 Å². The molecule has 1 aromatic heterocycles. The van der Waals surface area contributed by atoms with Gasteiger partial charge in [-0.05, 0) is 12.5 Å². The van der Waals surface area contributed by atoms with Crippen LogP contribution in [0, 0.1) is 5.95 Å². The molecule has 0 amide bonds. The average molecular weight is 201 g/mol. The predicted octanol–water partition coefficient (Wildman–Crippen LogP) is -0.00260. The molecule has 0 spiro atoms. The lowest BCUT2D eigenvalue weighted by Crippen LogP contribution is -2.19. The highest BCUT2D eigenvalue weighted by atomic mass is 19.1. The van der Waals surface area contributed by atoms with Crippen molar-refractivity contribution in [2.24, 2.45) is 0 Å². The fourth-order valence-corrected chi connectivity index (χ4v) is 1.07. The van der Waals surface area contributed by atoms with Crippen LogP contribution in [0.1, 0.15) is 18.1 Å². The van der Waals surface area contributed by atoms with Crippen LogP contribution >= 0.6 is 0 Å². The molecule has 5 heteroatoms. The molecule has 14 heavy (non-hydrogen) atoms. The number of rotatable bonds is 4. The van der Waals surface area contributed by atoms with Crippen LogP contribution in [0.3, 0.4) is 0 Å². The molecule has 2 atom stereocenters. The molecule has 0 saturated heterocycles. The van der Waals surface area contributed by atoms with Gasteiger partial charge in [-0.2, -0.15) is 4.39 Å². The van der Waals surface area contributed by atoms with Crippen LogP contribution in [0.2, 0.25) is 0 Å². The Morgan fingerprint density at radius 1 is 1.36 bits per heavy atom. The Bertz CT molecular complexity index is 278. The smallest absolute Gasteiger partial charge is 0.212 e. The molecule has 1 aromatic rings. The summed E-state index contributed by atoms with van der Waals surface area (Å²) in [5, 5.41) is 27.3. The molecular formula is C9H12FNO3. The van der Waals surface area contributed by atoms with E-state index in [1.54, 1.807) is 0 Å². The zero-order valence-corrected chi connectivity index (χ0v) is 7.47. The number of halogens is 1. The maximum Gasteiger partial charge on any atom is 0.212 e. The first-order chi connectivity index (χ1) is 6.65. The molecular weight excluding hydrogens is 189 g/mol. The summed E-state index contributed by atoms with van der Waals surface area (Å²) in [6.07, 6.45) is -0.985. The molecule has 3 N–H and O–H groups in total. The van der Waals surface area contributed by atoms with Crippen LogP contribution in [0.15, 0.2) is 18.3 Å². The predicted molar refractivity (Wildman–Crippen MR) is 46.9 cm³/mol. The van der Waals surface area contributed by atoms with Crippen molar-refractivity contribution in [1.29, 1.82) is 0 Å². The minimum Gasteiger partial charge on any atom is -0.396 e. The van der Waals surface area contributed by atoms with Crippen LogP contribution in [0.4, 0.5) is 4.39 Å². The third-order valence-corrected chi connectivity index (χ3v) is 1.88. The van der Waals surface area contributed by atoms with Crippen molar-refractivity contribution in [1.82, 2.24) is 4.98 Å². The number of hydrogen-bond acceptors (Lipinski definition) is 4. The van der Waals surface area contributed by atoms with E-state index >= 15 is 0 Å². The zero-order valence-electron chi connectivity index (χ0n) is 7.47. The van der Waals surface area contributed by atoms with E-state index in [-0.39, 0.29) is 13.0 Å². The van der Waals surface area contributed by atoms with Gasteiger partial charge in [0.1, 0.15) is 6.10 Å². The Labute approximate surface area is 80.7 Å². The third kappa shape index (κ3) is 2.73. The summed E-state index contributed by atoms with van der Waals surface area (Å²) >= 11 is 0. The Kier molecular flexibility index (Phi) is 3.94. The Morgan fingerprint density at radius 2 is 2.07 bits per heavy atom. The van der Waals surface area contributed by atoms with Gasteiger partial charge in [-0.25, -0.2) is 4.98 Å². The van der Waals surface area contributed by atoms with E-state index in [1.807, 2.05) is 0 Å². The van der Waals surface area contributed by atoms with E-state index in [4.69, 9.17) is 5.11 Å². The van der Waals surface area contributed by atoms with E-state index < -0.39 is 18.2 Å². The van der Waals surface area contributed by atoms with Gasteiger partial charge in [0.15, 0.2) is 0 Å². The van der Waals surface area contributed by atoms with Gasteiger partial charge in [0.05, 0.1) is 6.10 Å². The largest absolute Gasteiger partial charge is 0.396 e. The molecule has 0 aliphatic carbocycles. The summed E-state index contributed by atoms with van der Waals surface area (Å²) in [4.78, 5) is 3.34. The van der Waals surface area contributed by atoms with Crippen molar-refractivity contribution in [3.05, 3.63) is 29.8 Å². The second-order valence-electron chi connectivity index (χ2n) is 2.94. The monoisotopic (exact) mass is 201 g/mol. The molecule has 0 aliphatic rings. The lowest BCUT2D eigenvalue weighted by Gasteiger charge is -2.16.